The predicted octanol–water partition coefficient (Wildman–Crippen LogP) is -0.396. The van der Waals surface area contributed by atoms with Crippen LogP contribution in [0.15, 0.2) is 0 Å². The largest absolute Gasteiger partial charge is 2.00 e. The van der Waals surface area contributed by atoms with Crippen molar-refractivity contribution in [3.63, 3.8) is 0 Å². The van der Waals surface area contributed by atoms with Crippen LogP contribution in [0, 0.1) is 0 Å². The molecule has 0 amide bonds. The fourth-order valence-corrected chi connectivity index (χ4v) is 1.25. The zero-order valence-electron chi connectivity index (χ0n) is 8.64. The van der Waals surface area contributed by atoms with Crippen LogP contribution in [-0.4, -0.2) is 11.9 Å². The van der Waals surface area contributed by atoms with Crippen molar-refractivity contribution in [3.05, 3.63) is 0 Å². The second-order valence-electron chi connectivity index (χ2n) is 3.37. The molecule has 0 fully saturated rings. The molecule has 0 aromatic carbocycles. The maximum absolute atomic E-state index is 10.0. The number of rotatable bonds is 9. The average Bonchev–Trinajstić information content (AvgIpc) is 2.08. The Morgan fingerprint density at radius 1 is 0.667 bits per heavy atom. The molecule has 0 saturated carbocycles. The number of carboxylic acid groups (broad SMARTS) is 2. The van der Waals surface area contributed by atoms with Crippen molar-refractivity contribution < 1.29 is 36.9 Å². The summed E-state index contributed by atoms with van der Waals surface area (Å²) in [5.74, 6) is -2.00. The number of hydrogen-bond acceptors (Lipinski definition) is 4. The molecule has 5 heteroatoms. The van der Waals surface area contributed by atoms with Crippen molar-refractivity contribution in [1.82, 2.24) is 0 Å². The van der Waals surface area contributed by atoms with Gasteiger partial charge >= 0.3 is 17.1 Å². The third-order valence-corrected chi connectivity index (χ3v) is 2.01. The van der Waals surface area contributed by atoms with Crippen molar-refractivity contribution >= 4 is 11.9 Å². The van der Waals surface area contributed by atoms with Gasteiger partial charge in [-0.3, -0.25) is 0 Å². The Bertz CT molecular complexity index is 162. The first-order chi connectivity index (χ1) is 6.63. The molecular formula is C10H16FeO4. The van der Waals surface area contributed by atoms with Crippen LogP contribution in [-0.2, 0) is 26.7 Å². The maximum atomic E-state index is 10.0. The summed E-state index contributed by atoms with van der Waals surface area (Å²) in [6.07, 6.45) is 5.23. The fraction of sp³-hybridized carbons (Fsp3) is 0.800. The topological polar surface area (TPSA) is 80.3 Å². The molecule has 15 heavy (non-hydrogen) atoms. The van der Waals surface area contributed by atoms with Crippen molar-refractivity contribution in [1.29, 1.82) is 0 Å². The van der Waals surface area contributed by atoms with E-state index in [-0.39, 0.29) is 29.9 Å². The second kappa shape index (κ2) is 11.5. The molecule has 0 aromatic heterocycles. The molecule has 0 heterocycles. The smallest absolute Gasteiger partial charge is 0.550 e. The second-order valence-corrected chi connectivity index (χ2v) is 3.37. The van der Waals surface area contributed by atoms with Crippen molar-refractivity contribution in [2.24, 2.45) is 0 Å². The molecule has 0 aromatic rings. The van der Waals surface area contributed by atoms with Crippen LogP contribution < -0.4 is 10.2 Å². The fourth-order valence-electron chi connectivity index (χ4n) is 1.25. The molecule has 0 radical (unpaired) electrons. The van der Waals surface area contributed by atoms with Crippen molar-refractivity contribution in [2.75, 3.05) is 0 Å². The van der Waals surface area contributed by atoms with Gasteiger partial charge < -0.3 is 19.8 Å². The molecule has 0 saturated heterocycles. The van der Waals surface area contributed by atoms with Gasteiger partial charge in [0.05, 0.1) is 0 Å². The third kappa shape index (κ3) is 16.2. The normalized spacial score (nSPS) is 9.33. The summed E-state index contributed by atoms with van der Waals surface area (Å²) in [6, 6.07) is 0. The number of carbonyl (C=O) groups excluding carboxylic acids is 2. The van der Waals surface area contributed by atoms with E-state index in [1.54, 1.807) is 0 Å². The Hall–Kier alpha value is -0.541. The van der Waals surface area contributed by atoms with Gasteiger partial charge in [0.25, 0.3) is 0 Å². The van der Waals surface area contributed by atoms with E-state index >= 15 is 0 Å². The first-order valence-electron chi connectivity index (χ1n) is 5.02. The van der Waals surface area contributed by atoms with Gasteiger partial charge in [0.1, 0.15) is 0 Å². The van der Waals surface area contributed by atoms with Gasteiger partial charge in [-0.15, -0.1) is 0 Å². The van der Waals surface area contributed by atoms with Crippen LogP contribution in [0.2, 0.25) is 0 Å². The van der Waals surface area contributed by atoms with E-state index in [4.69, 9.17) is 0 Å². The molecule has 4 nitrogen and oxygen atoms in total. The Labute approximate surface area is 101 Å². The Morgan fingerprint density at radius 3 is 1.20 bits per heavy atom. The molecule has 0 aliphatic rings. The first-order valence-corrected chi connectivity index (χ1v) is 5.02. The summed E-state index contributed by atoms with van der Waals surface area (Å²) in [7, 11) is 0. The number of unbranched alkanes of at least 4 members (excludes halogenated alkanes) is 5. The summed E-state index contributed by atoms with van der Waals surface area (Å²) in [5, 5.41) is 20.1. The maximum Gasteiger partial charge on any atom is 2.00 e. The first kappa shape index (κ1) is 16.9. The zero-order valence-corrected chi connectivity index (χ0v) is 9.75. The molecule has 88 valence electrons. The minimum atomic E-state index is -0.998. The van der Waals surface area contributed by atoms with E-state index in [1.165, 1.54) is 0 Å². The number of hydrogen-bond donors (Lipinski definition) is 0. The average molecular weight is 256 g/mol. The summed E-state index contributed by atoms with van der Waals surface area (Å²) in [4.78, 5) is 20.1. The van der Waals surface area contributed by atoms with Gasteiger partial charge in [-0.25, -0.2) is 0 Å². The van der Waals surface area contributed by atoms with E-state index in [0.717, 1.165) is 25.7 Å². The van der Waals surface area contributed by atoms with E-state index in [2.05, 4.69) is 0 Å². The number of carboxylic acids is 2. The zero-order chi connectivity index (χ0) is 10.8. The van der Waals surface area contributed by atoms with E-state index in [9.17, 15) is 19.8 Å². The van der Waals surface area contributed by atoms with E-state index in [1.807, 2.05) is 0 Å². The van der Waals surface area contributed by atoms with Gasteiger partial charge in [-0.1, -0.05) is 25.7 Å². The molecule has 0 rings (SSSR count). The van der Waals surface area contributed by atoms with Crippen molar-refractivity contribution in [3.8, 4) is 0 Å². The van der Waals surface area contributed by atoms with Gasteiger partial charge in [-0.2, -0.15) is 0 Å². The van der Waals surface area contributed by atoms with Gasteiger partial charge in [0, 0.05) is 11.9 Å². The van der Waals surface area contributed by atoms with E-state index in [0.29, 0.717) is 12.8 Å². The van der Waals surface area contributed by atoms with Crippen LogP contribution in [0.3, 0.4) is 0 Å². The van der Waals surface area contributed by atoms with Gasteiger partial charge in [0.15, 0.2) is 0 Å². The van der Waals surface area contributed by atoms with Crippen LogP contribution in [0.25, 0.3) is 0 Å². The molecule has 0 bridgehead atoms. The Morgan fingerprint density at radius 2 is 0.933 bits per heavy atom. The van der Waals surface area contributed by atoms with E-state index < -0.39 is 11.9 Å². The molecule has 0 spiro atoms. The van der Waals surface area contributed by atoms with Crippen LogP contribution >= 0.6 is 0 Å². The summed E-state index contributed by atoms with van der Waals surface area (Å²) >= 11 is 0. The molecule has 0 atom stereocenters. The minimum absolute atomic E-state index is 0. The monoisotopic (exact) mass is 256 g/mol. The van der Waals surface area contributed by atoms with Gasteiger partial charge in [-0.05, 0) is 25.7 Å². The van der Waals surface area contributed by atoms with Gasteiger partial charge in [0.2, 0.25) is 0 Å². The minimum Gasteiger partial charge on any atom is -0.550 e. The molecule has 0 aliphatic carbocycles. The van der Waals surface area contributed by atoms with Crippen LogP contribution in [0.5, 0.6) is 0 Å². The number of aliphatic carboxylic acids is 2. The molecule has 0 unspecified atom stereocenters. The predicted molar refractivity (Wildman–Crippen MR) is 47.0 cm³/mol. The molecule has 0 aliphatic heterocycles. The Balaban J connectivity index is 0. The van der Waals surface area contributed by atoms with Crippen LogP contribution in [0.1, 0.15) is 51.4 Å². The molecule has 0 N–H and O–H groups in total. The quantitative estimate of drug-likeness (QED) is 0.415. The molecular weight excluding hydrogens is 240 g/mol. The third-order valence-electron chi connectivity index (χ3n) is 2.01. The standard InChI is InChI=1S/C10H18O4.Fe/c11-9(12)7-5-3-1-2-4-6-8-10(13)14;/h1-8H2,(H,11,12)(H,13,14);/q;+2/p-2. The SMILES string of the molecule is O=C([O-])CCCCCCCCC(=O)[O-].[Fe+2]. The van der Waals surface area contributed by atoms with Crippen LogP contribution in [0.4, 0.5) is 0 Å². The number of carbonyl (C=O) groups is 2. The Kier molecular flexibility index (Phi) is 13.0. The summed E-state index contributed by atoms with van der Waals surface area (Å²) < 4.78 is 0. The summed E-state index contributed by atoms with van der Waals surface area (Å²) in [5.41, 5.74) is 0. The van der Waals surface area contributed by atoms with Crippen molar-refractivity contribution in [2.45, 2.75) is 51.4 Å². The summed E-state index contributed by atoms with van der Waals surface area (Å²) in [6.45, 7) is 0.